The molecule has 4 nitrogen and oxygen atoms in total. The van der Waals surface area contributed by atoms with Gasteiger partial charge in [-0.3, -0.25) is 4.79 Å². The summed E-state index contributed by atoms with van der Waals surface area (Å²) in [6.07, 6.45) is 0.396. The normalized spacial score (nSPS) is 10.7. The minimum absolute atomic E-state index is 0.000669. The second-order valence-corrected chi connectivity index (χ2v) is 6.42. The summed E-state index contributed by atoms with van der Waals surface area (Å²) in [5.41, 5.74) is 8.68. The van der Waals surface area contributed by atoms with Crippen molar-refractivity contribution in [2.75, 3.05) is 5.73 Å². The van der Waals surface area contributed by atoms with E-state index in [1.165, 1.54) is 11.3 Å². The second-order valence-electron chi connectivity index (χ2n) is 5.53. The molecule has 0 aliphatic rings. The summed E-state index contributed by atoms with van der Waals surface area (Å²) >= 11 is 1.38. The highest BCUT2D eigenvalue weighted by Crippen LogP contribution is 2.27. The van der Waals surface area contributed by atoms with Gasteiger partial charge in [0.2, 0.25) is 5.91 Å². The number of nitrogen functional groups attached to an aromatic ring is 1. The van der Waals surface area contributed by atoms with E-state index in [4.69, 9.17) is 5.73 Å². The van der Waals surface area contributed by atoms with Crippen molar-refractivity contribution < 1.29 is 4.79 Å². The summed E-state index contributed by atoms with van der Waals surface area (Å²) in [6, 6.07) is 20.2. The number of nitrogens with two attached hydrogens (primary N) is 1. The standard InChI is InChI=1S/C19H19N3OS/c20-19-22-16(13-24-19)12-21-18(23)11-17(14-7-3-1-4-8-14)15-9-5-2-6-10-15/h1-10,13,17H,11-12H2,(H2,20,22)(H,21,23). The average molecular weight is 337 g/mol. The third kappa shape index (κ3) is 4.20. The van der Waals surface area contributed by atoms with Crippen LogP contribution in [0, 0.1) is 0 Å². The van der Waals surface area contributed by atoms with Gasteiger partial charge in [0.1, 0.15) is 0 Å². The Morgan fingerprint density at radius 2 is 1.62 bits per heavy atom. The monoisotopic (exact) mass is 337 g/mol. The molecule has 0 bridgehead atoms. The Balaban J connectivity index is 1.71. The number of nitrogens with one attached hydrogen (secondary N) is 1. The van der Waals surface area contributed by atoms with Crippen LogP contribution in [0.25, 0.3) is 0 Å². The highest BCUT2D eigenvalue weighted by Gasteiger charge is 2.18. The molecular formula is C19H19N3OS. The molecule has 1 heterocycles. The molecule has 1 aromatic heterocycles. The van der Waals surface area contributed by atoms with Crippen LogP contribution < -0.4 is 11.1 Å². The minimum Gasteiger partial charge on any atom is -0.375 e. The van der Waals surface area contributed by atoms with E-state index in [9.17, 15) is 4.79 Å². The predicted molar refractivity (Wildman–Crippen MR) is 97.7 cm³/mol. The van der Waals surface area contributed by atoms with E-state index >= 15 is 0 Å². The molecule has 24 heavy (non-hydrogen) atoms. The summed E-state index contributed by atoms with van der Waals surface area (Å²) < 4.78 is 0. The van der Waals surface area contributed by atoms with Gasteiger partial charge in [0.25, 0.3) is 0 Å². The number of rotatable bonds is 6. The molecule has 0 atom stereocenters. The first-order valence-corrected chi connectivity index (χ1v) is 8.67. The number of carbonyl (C=O) groups is 1. The predicted octanol–water partition coefficient (Wildman–Crippen LogP) is 3.56. The van der Waals surface area contributed by atoms with E-state index in [1.807, 2.05) is 41.8 Å². The Bertz CT molecular complexity index is 747. The van der Waals surface area contributed by atoms with Gasteiger partial charge in [-0.25, -0.2) is 4.98 Å². The average Bonchev–Trinajstić information content (AvgIpc) is 3.05. The van der Waals surface area contributed by atoms with Gasteiger partial charge in [-0.15, -0.1) is 11.3 Å². The third-order valence-corrected chi connectivity index (χ3v) is 4.55. The molecule has 0 aliphatic carbocycles. The van der Waals surface area contributed by atoms with Gasteiger partial charge in [-0.2, -0.15) is 0 Å². The van der Waals surface area contributed by atoms with Crippen LogP contribution in [0.3, 0.4) is 0 Å². The van der Waals surface area contributed by atoms with E-state index in [0.29, 0.717) is 18.1 Å². The maximum absolute atomic E-state index is 12.4. The highest BCUT2D eigenvalue weighted by atomic mass is 32.1. The first-order chi connectivity index (χ1) is 11.7. The molecule has 0 unspecified atom stereocenters. The molecule has 3 rings (SSSR count). The lowest BCUT2D eigenvalue weighted by molar-refractivity contribution is -0.121. The Labute approximate surface area is 145 Å². The van der Waals surface area contributed by atoms with Gasteiger partial charge in [0.15, 0.2) is 5.13 Å². The molecule has 122 valence electrons. The fourth-order valence-electron chi connectivity index (χ4n) is 2.65. The van der Waals surface area contributed by atoms with Gasteiger partial charge < -0.3 is 11.1 Å². The molecule has 1 amide bonds. The van der Waals surface area contributed by atoms with Crippen LogP contribution in [0.15, 0.2) is 66.0 Å². The molecule has 0 spiro atoms. The Hall–Kier alpha value is -2.66. The van der Waals surface area contributed by atoms with Gasteiger partial charge >= 0.3 is 0 Å². The van der Waals surface area contributed by atoms with Gasteiger partial charge in [-0.05, 0) is 11.1 Å². The number of anilines is 1. The van der Waals surface area contributed by atoms with Crippen molar-refractivity contribution in [1.82, 2.24) is 10.3 Å². The molecule has 3 N–H and O–H groups in total. The van der Waals surface area contributed by atoms with E-state index < -0.39 is 0 Å². The minimum atomic E-state index is -0.000669. The molecular weight excluding hydrogens is 318 g/mol. The maximum Gasteiger partial charge on any atom is 0.221 e. The zero-order valence-corrected chi connectivity index (χ0v) is 14.0. The number of hydrogen-bond donors (Lipinski definition) is 2. The Morgan fingerprint density at radius 1 is 1.04 bits per heavy atom. The summed E-state index contributed by atoms with van der Waals surface area (Å²) in [6.45, 7) is 0.406. The van der Waals surface area contributed by atoms with Crippen molar-refractivity contribution in [3.8, 4) is 0 Å². The molecule has 0 saturated heterocycles. The zero-order valence-electron chi connectivity index (χ0n) is 13.2. The van der Waals surface area contributed by atoms with Crippen molar-refractivity contribution in [1.29, 1.82) is 0 Å². The third-order valence-electron chi connectivity index (χ3n) is 3.83. The van der Waals surface area contributed by atoms with Crippen LogP contribution in [-0.2, 0) is 11.3 Å². The number of aromatic nitrogens is 1. The van der Waals surface area contributed by atoms with E-state index in [2.05, 4.69) is 34.6 Å². The van der Waals surface area contributed by atoms with Crippen LogP contribution in [0.5, 0.6) is 0 Å². The summed E-state index contributed by atoms with van der Waals surface area (Å²) in [4.78, 5) is 16.6. The van der Waals surface area contributed by atoms with Crippen LogP contribution in [0.2, 0.25) is 0 Å². The second kappa shape index (κ2) is 7.75. The summed E-state index contributed by atoms with van der Waals surface area (Å²) in [7, 11) is 0. The largest absolute Gasteiger partial charge is 0.375 e. The topological polar surface area (TPSA) is 68.0 Å². The number of thiazole rings is 1. The van der Waals surface area contributed by atoms with Gasteiger partial charge in [0.05, 0.1) is 12.2 Å². The number of carbonyl (C=O) groups excluding carboxylic acids is 1. The first-order valence-electron chi connectivity index (χ1n) is 7.79. The molecule has 0 aliphatic heterocycles. The van der Waals surface area contributed by atoms with Gasteiger partial charge in [0, 0.05) is 17.7 Å². The fraction of sp³-hybridized carbons (Fsp3) is 0.158. The van der Waals surface area contributed by atoms with Crippen molar-refractivity contribution in [3.63, 3.8) is 0 Å². The van der Waals surface area contributed by atoms with Crippen LogP contribution in [0.1, 0.15) is 29.2 Å². The molecule has 5 heteroatoms. The summed E-state index contributed by atoms with van der Waals surface area (Å²) in [5, 5.41) is 5.31. The van der Waals surface area contributed by atoms with E-state index in [1.54, 1.807) is 0 Å². The SMILES string of the molecule is Nc1nc(CNC(=O)CC(c2ccccc2)c2ccccc2)cs1. The fourth-order valence-corrected chi connectivity index (χ4v) is 3.21. The maximum atomic E-state index is 12.4. The van der Waals surface area contributed by atoms with Crippen LogP contribution >= 0.6 is 11.3 Å². The van der Waals surface area contributed by atoms with Crippen LogP contribution in [-0.4, -0.2) is 10.9 Å². The lowest BCUT2D eigenvalue weighted by Gasteiger charge is -2.17. The quantitative estimate of drug-likeness (QED) is 0.722. The molecule has 0 saturated carbocycles. The molecule has 0 fully saturated rings. The molecule has 2 aromatic carbocycles. The first kappa shape index (κ1) is 16.2. The zero-order chi connectivity index (χ0) is 16.8. The van der Waals surface area contributed by atoms with Crippen molar-refractivity contribution in [2.45, 2.75) is 18.9 Å². The summed E-state index contributed by atoms with van der Waals surface area (Å²) in [5.74, 6) is 0.0344. The van der Waals surface area contributed by atoms with Gasteiger partial charge in [-0.1, -0.05) is 60.7 Å². The molecule has 0 radical (unpaired) electrons. The number of benzene rings is 2. The smallest absolute Gasteiger partial charge is 0.221 e. The van der Waals surface area contributed by atoms with Crippen molar-refractivity contribution in [3.05, 3.63) is 82.9 Å². The Morgan fingerprint density at radius 3 is 2.12 bits per heavy atom. The molecule has 3 aromatic rings. The van der Waals surface area contributed by atoms with E-state index in [-0.39, 0.29) is 11.8 Å². The lowest BCUT2D eigenvalue weighted by Crippen LogP contribution is -2.25. The van der Waals surface area contributed by atoms with Crippen molar-refractivity contribution >= 4 is 22.4 Å². The van der Waals surface area contributed by atoms with E-state index in [0.717, 1.165) is 16.8 Å². The number of amides is 1. The van der Waals surface area contributed by atoms with Crippen LogP contribution in [0.4, 0.5) is 5.13 Å². The Kier molecular flexibility index (Phi) is 5.23. The lowest BCUT2D eigenvalue weighted by atomic mass is 9.88. The van der Waals surface area contributed by atoms with Crippen molar-refractivity contribution in [2.24, 2.45) is 0 Å². The highest BCUT2D eigenvalue weighted by molar-refractivity contribution is 7.13. The number of hydrogen-bond acceptors (Lipinski definition) is 4. The number of nitrogens with zero attached hydrogens (tertiary/aromatic N) is 1.